The van der Waals surface area contributed by atoms with Crippen LogP contribution < -0.4 is 0 Å². The van der Waals surface area contributed by atoms with Crippen LogP contribution in [0.5, 0.6) is 0 Å². The minimum absolute atomic E-state index is 0. The molecule has 0 aromatic heterocycles. The molecular weight excluding hydrogens is 296 g/mol. The van der Waals surface area contributed by atoms with Gasteiger partial charge in [0.15, 0.2) is 5.78 Å². The Labute approximate surface area is 151 Å². The van der Waals surface area contributed by atoms with Crippen molar-refractivity contribution in [3.63, 3.8) is 0 Å². The fraction of sp³-hybridized carbons (Fsp3) is 0.545. The zero-order valence-electron chi connectivity index (χ0n) is 17.3. The van der Waals surface area contributed by atoms with Crippen LogP contribution in [-0.2, 0) is 16.0 Å². The van der Waals surface area contributed by atoms with E-state index in [0.717, 1.165) is 12.0 Å². The maximum absolute atomic E-state index is 11.2. The molecular formula is C22H40O2. The van der Waals surface area contributed by atoms with E-state index in [-0.39, 0.29) is 18.9 Å². The van der Waals surface area contributed by atoms with Crippen LogP contribution in [0.15, 0.2) is 36.9 Å². The van der Waals surface area contributed by atoms with E-state index in [1.807, 2.05) is 34.6 Å². The van der Waals surface area contributed by atoms with E-state index < -0.39 is 0 Å². The van der Waals surface area contributed by atoms with Gasteiger partial charge in [-0.3, -0.25) is 9.59 Å². The largest absolute Gasteiger partial charge is 0.299 e. The van der Waals surface area contributed by atoms with Crippen LogP contribution in [-0.4, -0.2) is 11.6 Å². The van der Waals surface area contributed by atoms with Gasteiger partial charge < -0.3 is 0 Å². The molecule has 0 aliphatic carbocycles. The summed E-state index contributed by atoms with van der Waals surface area (Å²) >= 11 is 0. The van der Waals surface area contributed by atoms with Crippen molar-refractivity contribution in [3.8, 4) is 0 Å². The first-order chi connectivity index (χ1) is 11.3. The average Bonchev–Trinajstić information content (AvgIpc) is 2.58. The highest BCUT2D eigenvalue weighted by molar-refractivity contribution is 5.86. The summed E-state index contributed by atoms with van der Waals surface area (Å²) in [6.45, 7) is 20.7. The van der Waals surface area contributed by atoms with Gasteiger partial charge in [0.25, 0.3) is 0 Å². The van der Waals surface area contributed by atoms with Crippen molar-refractivity contribution >= 4 is 11.6 Å². The van der Waals surface area contributed by atoms with Crippen LogP contribution in [0.3, 0.4) is 0 Å². The van der Waals surface area contributed by atoms with Gasteiger partial charge in [0, 0.05) is 7.34 Å². The number of ketones is 2. The lowest BCUT2D eigenvalue weighted by molar-refractivity contribution is -0.118. The molecule has 0 saturated carbocycles. The molecule has 0 amide bonds. The molecule has 1 aromatic carbocycles. The molecule has 0 aliphatic rings. The van der Waals surface area contributed by atoms with Crippen molar-refractivity contribution in [1.82, 2.24) is 0 Å². The fourth-order valence-electron chi connectivity index (χ4n) is 1.65. The summed E-state index contributed by atoms with van der Waals surface area (Å²) in [5.41, 5.74) is 2.47. The highest BCUT2D eigenvalue weighted by Gasteiger charge is 2.09. The van der Waals surface area contributed by atoms with Crippen LogP contribution in [0.1, 0.15) is 80.8 Å². The van der Waals surface area contributed by atoms with Gasteiger partial charge in [-0.15, -0.1) is 0 Å². The number of benzene rings is 1. The SMILES string of the molecule is C=CC(C)=O.CC.CC.CC(=O)C(C)c1ccc(CC(C)C)cc1.[HH]. The van der Waals surface area contributed by atoms with Gasteiger partial charge in [0.1, 0.15) is 5.78 Å². The molecule has 1 rings (SSSR count). The van der Waals surface area contributed by atoms with E-state index in [0.29, 0.717) is 5.92 Å². The summed E-state index contributed by atoms with van der Waals surface area (Å²) in [4.78, 5) is 20.9. The monoisotopic (exact) mass is 336 g/mol. The quantitative estimate of drug-likeness (QED) is 0.565. The Balaban J connectivity index is -0.000000188. The molecule has 0 aliphatic heterocycles. The molecule has 2 nitrogen and oxygen atoms in total. The molecule has 1 unspecified atom stereocenters. The first kappa shape index (κ1) is 27.2. The Morgan fingerprint density at radius 1 is 1.00 bits per heavy atom. The maximum atomic E-state index is 11.2. The third-order valence-electron chi connectivity index (χ3n) is 3.02. The minimum atomic E-state index is 0. The Bertz CT molecular complexity index is 448. The van der Waals surface area contributed by atoms with E-state index in [4.69, 9.17) is 0 Å². The molecule has 0 fully saturated rings. The van der Waals surface area contributed by atoms with Crippen molar-refractivity contribution in [2.24, 2.45) is 5.92 Å². The third kappa shape index (κ3) is 15.2. The minimum Gasteiger partial charge on any atom is -0.299 e. The van der Waals surface area contributed by atoms with Gasteiger partial charge in [-0.2, -0.15) is 0 Å². The van der Waals surface area contributed by atoms with Crippen molar-refractivity contribution in [3.05, 3.63) is 48.0 Å². The molecule has 0 saturated heterocycles. The summed E-state index contributed by atoms with van der Waals surface area (Å²) < 4.78 is 0. The standard InChI is InChI=1S/C14H20O.C4H6O.2C2H6.H2/c1-10(2)9-13-5-7-14(8-6-13)11(3)12(4)15;1-3-4(2)5;2*1-2;/h5-8,10-11H,9H2,1-4H3;3H,1H2,2H3;2*1-2H3;1H. The predicted octanol–water partition coefficient (Wildman–Crippen LogP) is 6.64. The lowest BCUT2D eigenvalue weighted by atomic mass is 9.95. The molecule has 0 spiro atoms. The Morgan fingerprint density at radius 3 is 1.62 bits per heavy atom. The van der Waals surface area contributed by atoms with Crippen LogP contribution in [0, 0.1) is 5.92 Å². The van der Waals surface area contributed by atoms with Crippen molar-refractivity contribution in [2.75, 3.05) is 0 Å². The summed E-state index contributed by atoms with van der Waals surface area (Å²) in [7, 11) is 0. The number of hydrogen-bond donors (Lipinski definition) is 0. The van der Waals surface area contributed by atoms with Gasteiger partial charge in [-0.25, -0.2) is 0 Å². The van der Waals surface area contributed by atoms with Crippen LogP contribution in [0.2, 0.25) is 0 Å². The summed E-state index contributed by atoms with van der Waals surface area (Å²) in [5.74, 6) is 0.954. The normalized spacial score (nSPS) is 9.92. The number of hydrogen-bond acceptors (Lipinski definition) is 2. The Morgan fingerprint density at radius 2 is 1.38 bits per heavy atom. The van der Waals surface area contributed by atoms with E-state index in [1.165, 1.54) is 18.6 Å². The van der Waals surface area contributed by atoms with Crippen LogP contribution >= 0.6 is 0 Å². The molecule has 140 valence electrons. The Hall–Kier alpha value is -1.70. The molecule has 0 radical (unpaired) electrons. The first-order valence-electron chi connectivity index (χ1n) is 9.00. The average molecular weight is 337 g/mol. The number of carbonyl (C=O) groups is 2. The van der Waals surface area contributed by atoms with E-state index in [1.54, 1.807) is 6.92 Å². The summed E-state index contributed by atoms with van der Waals surface area (Å²) in [6.07, 6.45) is 2.38. The number of rotatable bonds is 5. The first-order valence-corrected chi connectivity index (χ1v) is 9.00. The molecule has 1 aromatic rings. The maximum Gasteiger partial charge on any atom is 0.152 e. The highest BCUT2D eigenvalue weighted by Crippen LogP contribution is 2.17. The predicted molar refractivity (Wildman–Crippen MR) is 110 cm³/mol. The van der Waals surface area contributed by atoms with Gasteiger partial charge in [0.05, 0.1) is 0 Å². The number of Topliss-reactive ketones (excluding diaryl/α,β-unsaturated/α-hetero) is 1. The van der Waals surface area contributed by atoms with E-state index >= 15 is 0 Å². The summed E-state index contributed by atoms with van der Waals surface area (Å²) in [6, 6.07) is 8.41. The van der Waals surface area contributed by atoms with Crippen LogP contribution in [0.25, 0.3) is 0 Å². The zero-order chi connectivity index (χ0) is 19.7. The van der Waals surface area contributed by atoms with Crippen LogP contribution in [0.4, 0.5) is 0 Å². The molecule has 24 heavy (non-hydrogen) atoms. The van der Waals surface area contributed by atoms with Gasteiger partial charge in [-0.1, -0.05) is 79.3 Å². The summed E-state index contributed by atoms with van der Waals surface area (Å²) in [5, 5.41) is 0. The van der Waals surface area contributed by atoms with Gasteiger partial charge in [-0.05, 0) is 43.4 Å². The molecule has 1 atom stereocenters. The smallest absolute Gasteiger partial charge is 0.152 e. The molecule has 0 N–H and O–H groups in total. The number of carbonyl (C=O) groups excluding carboxylic acids is 2. The fourth-order valence-corrected chi connectivity index (χ4v) is 1.65. The molecule has 0 heterocycles. The van der Waals surface area contributed by atoms with E-state index in [9.17, 15) is 9.59 Å². The second kappa shape index (κ2) is 17.7. The topological polar surface area (TPSA) is 34.1 Å². The van der Waals surface area contributed by atoms with Gasteiger partial charge >= 0.3 is 0 Å². The second-order valence-electron chi connectivity index (χ2n) is 5.49. The lowest BCUT2D eigenvalue weighted by Crippen LogP contribution is -2.04. The zero-order valence-corrected chi connectivity index (χ0v) is 17.3. The van der Waals surface area contributed by atoms with Crippen molar-refractivity contribution < 1.29 is 11.0 Å². The Kier molecular flexibility index (Phi) is 20.0. The molecule has 0 bridgehead atoms. The van der Waals surface area contributed by atoms with E-state index in [2.05, 4.69) is 44.7 Å². The number of allylic oxidation sites excluding steroid dienone is 1. The van der Waals surface area contributed by atoms with Crippen molar-refractivity contribution in [1.29, 1.82) is 0 Å². The lowest BCUT2D eigenvalue weighted by Gasteiger charge is -2.10. The molecule has 2 heteroatoms. The van der Waals surface area contributed by atoms with Crippen molar-refractivity contribution in [2.45, 2.75) is 74.7 Å². The highest BCUT2D eigenvalue weighted by atomic mass is 16.1. The third-order valence-corrected chi connectivity index (χ3v) is 3.02. The van der Waals surface area contributed by atoms with Gasteiger partial charge in [0.2, 0.25) is 0 Å². The second-order valence-corrected chi connectivity index (χ2v) is 5.49.